The summed E-state index contributed by atoms with van der Waals surface area (Å²) in [6, 6.07) is 9.65. The molecule has 2 heterocycles. The van der Waals surface area contributed by atoms with Crippen molar-refractivity contribution in [3.05, 3.63) is 48.3 Å². The fraction of sp³-hybridized carbons (Fsp3) is 0.0769. The van der Waals surface area contributed by atoms with Crippen LogP contribution in [0, 0.1) is 0 Å². The lowest BCUT2D eigenvalue weighted by molar-refractivity contribution is 0.0966. The standard InChI is InChI=1S/C13H11N3O/c1-14-13(17)11-9-5-2-3-6-10(9)16-8-4-7-15-12(11)16/h2-8H,1H3,(H,14,17). The number of nitrogens with one attached hydrogen (secondary N) is 1. The first kappa shape index (κ1) is 9.84. The maximum Gasteiger partial charge on any atom is 0.255 e. The van der Waals surface area contributed by atoms with Crippen molar-refractivity contribution in [3.8, 4) is 0 Å². The van der Waals surface area contributed by atoms with Gasteiger partial charge < -0.3 is 9.72 Å². The number of para-hydroxylation sites is 1. The molecule has 1 N–H and O–H groups in total. The molecule has 3 rings (SSSR count). The van der Waals surface area contributed by atoms with Gasteiger partial charge in [0.05, 0.1) is 11.1 Å². The molecular weight excluding hydrogens is 214 g/mol. The Kier molecular flexibility index (Phi) is 2.08. The van der Waals surface area contributed by atoms with Gasteiger partial charge in [0.25, 0.3) is 5.91 Å². The fourth-order valence-electron chi connectivity index (χ4n) is 2.11. The minimum absolute atomic E-state index is 0.109. The Hall–Kier alpha value is -2.36. The van der Waals surface area contributed by atoms with E-state index in [0.29, 0.717) is 11.2 Å². The van der Waals surface area contributed by atoms with Crippen molar-refractivity contribution in [2.45, 2.75) is 0 Å². The van der Waals surface area contributed by atoms with Crippen LogP contribution in [0.1, 0.15) is 10.4 Å². The molecule has 0 aliphatic heterocycles. The Balaban J connectivity index is 2.54. The van der Waals surface area contributed by atoms with Crippen LogP contribution in [0.5, 0.6) is 0 Å². The highest BCUT2D eigenvalue weighted by Gasteiger charge is 2.17. The van der Waals surface area contributed by atoms with Crippen molar-refractivity contribution in [2.24, 2.45) is 0 Å². The molecule has 0 spiro atoms. The van der Waals surface area contributed by atoms with E-state index in [0.717, 1.165) is 10.9 Å². The third kappa shape index (κ3) is 1.30. The van der Waals surface area contributed by atoms with E-state index >= 15 is 0 Å². The Labute approximate surface area is 97.9 Å². The van der Waals surface area contributed by atoms with Crippen LogP contribution < -0.4 is 5.32 Å². The second-order valence-electron chi connectivity index (χ2n) is 3.78. The highest BCUT2D eigenvalue weighted by Crippen LogP contribution is 2.24. The summed E-state index contributed by atoms with van der Waals surface area (Å²) in [6.07, 6.45) is 3.61. The molecule has 0 bridgehead atoms. The van der Waals surface area contributed by atoms with Gasteiger partial charge in [-0.3, -0.25) is 4.79 Å². The number of aromatic nitrogens is 2. The molecule has 2 aromatic heterocycles. The number of hydrogen-bond donors (Lipinski definition) is 1. The van der Waals surface area contributed by atoms with Crippen LogP contribution in [0.4, 0.5) is 0 Å². The van der Waals surface area contributed by atoms with E-state index in [9.17, 15) is 4.79 Å². The molecule has 17 heavy (non-hydrogen) atoms. The van der Waals surface area contributed by atoms with E-state index in [-0.39, 0.29) is 5.91 Å². The lowest BCUT2D eigenvalue weighted by atomic mass is 10.1. The zero-order valence-corrected chi connectivity index (χ0v) is 9.34. The molecule has 0 fully saturated rings. The minimum Gasteiger partial charge on any atom is -0.355 e. The third-order valence-electron chi connectivity index (χ3n) is 2.86. The van der Waals surface area contributed by atoms with E-state index in [1.54, 1.807) is 13.2 Å². The summed E-state index contributed by atoms with van der Waals surface area (Å²) in [5.41, 5.74) is 2.31. The normalized spacial score (nSPS) is 10.9. The van der Waals surface area contributed by atoms with E-state index in [2.05, 4.69) is 10.3 Å². The summed E-state index contributed by atoms with van der Waals surface area (Å²) >= 11 is 0. The predicted octanol–water partition coefficient (Wildman–Crippen LogP) is 1.85. The van der Waals surface area contributed by atoms with Crippen molar-refractivity contribution < 1.29 is 4.79 Å². The maximum atomic E-state index is 11.9. The molecular formula is C13H11N3O. The van der Waals surface area contributed by atoms with Gasteiger partial charge in [0.1, 0.15) is 0 Å². The van der Waals surface area contributed by atoms with Crippen molar-refractivity contribution in [3.63, 3.8) is 0 Å². The number of nitrogens with zero attached hydrogens (tertiary/aromatic N) is 2. The predicted molar refractivity (Wildman–Crippen MR) is 66.1 cm³/mol. The summed E-state index contributed by atoms with van der Waals surface area (Å²) < 4.78 is 1.93. The molecule has 1 aromatic carbocycles. The topological polar surface area (TPSA) is 46.4 Å². The van der Waals surface area contributed by atoms with Gasteiger partial charge in [0.15, 0.2) is 5.65 Å². The Morgan fingerprint density at radius 2 is 2.12 bits per heavy atom. The van der Waals surface area contributed by atoms with Crippen LogP contribution in [0.2, 0.25) is 0 Å². The molecule has 0 atom stereocenters. The molecule has 0 saturated heterocycles. The van der Waals surface area contributed by atoms with Gasteiger partial charge in [-0.1, -0.05) is 18.2 Å². The number of benzene rings is 1. The lowest BCUT2D eigenvalue weighted by Crippen LogP contribution is -2.18. The highest BCUT2D eigenvalue weighted by molar-refractivity contribution is 6.12. The second kappa shape index (κ2) is 3.59. The summed E-state index contributed by atoms with van der Waals surface area (Å²) in [7, 11) is 1.63. The van der Waals surface area contributed by atoms with E-state index in [4.69, 9.17) is 0 Å². The maximum absolute atomic E-state index is 11.9. The number of fused-ring (bicyclic) bond motifs is 3. The zero-order valence-electron chi connectivity index (χ0n) is 9.34. The van der Waals surface area contributed by atoms with Crippen LogP contribution in [0.25, 0.3) is 16.6 Å². The smallest absolute Gasteiger partial charge is 0.255 e. The molecule has 84 valence electrons. The number of rotatable bonds is 1. The summed E-state index contributed by atoms with van der Waals surface area (Å²) in [5, 5.41) is 3.58. The van der Waals surface area contributed by atoms with Crippen molar-refractivity contribution in [1.29, 1.82) is 0 Å². The van der Waals surface area contributed by atoms with Crippen LogP contribution in [0.3, 0.4) is 0 Å². The van der Waals surface area contributed by atoms with Gasteiger partial charge in [0.2, 0.25) is 0 Å². The molecule has 0 saturated carbocycles. The van der Waals surface area contributed by atoms with Crippen LogP contribution in [-0.4, -0.2) is 22.3 Å². The van der Waals surface area contributed by atoms with Gasteiger partial charge in [-0.15, -0.1) is 0 Å². The molecule has 0 aliphatic carbocycles. The Bertz CT molecular complexity index is 662. The van der Waals surface area contributed by atoms with Crippen LogP contribution in [-0.2, 0) is 0 Å². The molecule has 4 heteroatoms. The van der Waals surface area contributed by atoms with Gasteiger partial charge in [-0.2, -0.15) is 0 Å². The van der Waals surface area contributed by atoms with Gasteiger partial charge in [-0.25, -0.2) is 4.98 Å². The molecule has 3 aromatic rings. The number of hydrogen-bond acceptors (Lipinski definition) is 2. The largest absolute Gasteiger partial charge is 0.355 e. The molecule has 0 aliphatic rings. The zero-order chi connectivity index (χ0) is 11.8. The van der Waals surface area contributed by atoms with Gasteiger partial charge in [-0.05, 0) is 12.1 Å². The Morgan fingerprint density at radius 3 is 2.94 bits per heavy atom. The summed E-state index contributed by atoms with van der Waals surface area (Å²) in [4.78, 5) is 16.2. The quantitative estimate of drug-likeness (QED) is 0.687. The van der Waals surface area contributed by atoms with E-state index in [1.165, 1.54) is 0 Å². The molecule has 1 amide bonds. The first-order valence-corrected chi connectivity index (χ1v) is 5.39. The summed E-state index contributed by atoms with van der Waals surface area (Å²) in [5.74, 6) is -0.109. The average molecular weight is 225 g/mol. The number of carbonyl (C=O) groups excluding carboxylic acids is 1. The fourth-order valence-corrected chi connectivity index (χ4v) is 2.11. The second-order valence-corrected chi connectivity index (χ2v) is 3.78. The molecule has 0 unspecified atom stereocenters. The van der Waals surface area contributed by atoms with Crippen molar-refractivity contribution in [1.82, 2.24) is 14.7 Å². The highest BCUT2D eigenvalue weighted by atomic mass is 16.1. The number of amides is 1. The SMILES string of the molecule is CNC(=O)c1c2ccccc2n2cccnc12. The first-order valence-electron chi connectivity index (χ1n) is 5.39. The summed E-state index contributed by atoms with van der Waals surface area (Å²) in [6.45, 7) is 0. The van der Waals surface area contributed by atoms with Gasteiger partial charge in [0, 0.05) is 24.8 Å². The van der Waals surface area contributed by atoms with Gasteiger partial charge >= 0.3 is 0 Å². The lowest BCUT2D eigenvalue weighted by Gasteiger charge is -1.97. The average Bonchev–Trinajstić information content (AvgIpc) is 2.72. The van der Waals surface area contributed by atoms with E-state index < -0.39 is 0 Å². The third-order valence-corrected chi connectivity index (χ3v) is 2.86. The first-order chi connectivity index (χ1) is 8.33. The molecule has 4 nitrogen and oxygen atoms in total. The van der Waals surface area contributed by atoms with Crippen LogP contribution in [0.15, 0.2) is 42.7 Å². The van der Waals surface area contributed by atoms with Crippen LogP contribution >= 0.6 is 0 Å². The minimum atomic E-state index is -0.109. The van der Waals surface area contributed by atoms with Crippen molar-refractivity contribution in [2.75, 3.05) is 7.05 Å². The Morgan fingerprint density at radius 1 is 1.29 bits per heavy atom. The number of carbonyl (C=O) groups is 1. The molecule has 0 radical (unpaired) electrons. The monoisotopic (exact) mass is 225 g/mol. The van der Waals surface area contributed by atoms with E-state index in [1.807, 2.05) is 40.9 Å². The van der Waals surface area contributed by atoms with Crippen molar-refractivity contribution >= 4 is 22.5 Å².